The van der Waals surface area contributed by atoms with E-state index in [1.54, 1.807) is 6.07 Å². The van der Waals surface area contributed by atoms with Crippen LogP contribution in [-0.2, 0) is 9.53 Å². The smallest absolute Gasteiger partial charge is 0.306 e. The van der Waals surface area contributed by atoms with Gasteiger partial charge in [-0.05, 0) is 40.8 Å². The van der Waals surface area contributed by atoms with Crippen LogP contribution in [0.15, 0.2) is 22.7 Å². The van der Waals surface area contributed by atoms with E-state index >= 15 is 0 Å². The van der Waals surface area contributed by atoms with Crippen molar-refractivity contribution in [2.45, 2.75) is 12.5 Å². The second-order valence-electron chi connectivity index (χ2n) is 3.79. The van der Waals surface area contributed by atoms with E-state index in [4.69, 9.17) is 9.84 Å². The Kier molecular flexibility index (Phi) is 6.73. The number of carbonyl (C=O) groups is 2. The monoisotopic (exact) mass is 441 g/mol. The van der Waals surface area contributed by atoms with Gasteiger partial charge in [0.2, 0.25) is 0 Å². The minimum atomic E-state index is -0.960. The minimum absolute atomic E-state index is 0.146. The van der Waals surface area contributed by atoms with Crippen LogP contribution in [0.25, 0.3) is 0 Å². The number of ether oxygens (including phenoxy) is 1. The van der Waals surface area contributed by atoms with Crippen LogP contribution in [0.3, 0.4) is 0 Å². The Labute approximate surface area is 133 Å². The Morgan fingerprint density at radius 1 is 1.53 bits per heavy atom. The van der Waals surface area contributed by atoms with Gasteiger partial charge in [0.1, 0.15) is 0 Å². The third-order valence-electron chi connectivity index (χ3n) is 2.40. The summed E-state index contributed by atoms with van der Waals surface area (Å²) in [5.74, 6) is -1.21. The molecule has 0 radical (unpaired) electrons. The number of rotatable bonds is 6. The fourth-order valence-electron chi connectivity index (χ4n) is 1.41. The van der Waals surface area contributed by atoms with Gasteiger partial charge in [0.15, 0.2) is 0 Å². The quantitative estimate of drug-likeness (QED) is 0.664. The minimum Gasteiger partial charge on any atom is -0.481 e. The van der Waals surface area contributed by atoms with Gasteiger partial charge < -0.3 is 15.2 Å². The number of carboxylic acids is 1. The molecule has 0 saturated heterocycles. The summed E-state index contributed by atoms with van der Waals surface area (Å²) in [4.78, 5) is 22.6. The van der Waals surface area contributed by atoms with Gasteiger partial charge in [-0.25, -0.2) is 0 Å². The summed E-state index contributed by atoms with van der Waals surface area (Å²) >= 11 is 5.38. The van der Waals surface area contributed by atoms with Crippen LogP contribution < -0.4 is 5.32 Å². The zero-order chi connectivity index (χ0) is 14.4. The highest BCUT2D eigenvalue weighted by Gasteiger charge is 2.15. The van der Waals surface area contributed by atoms with Crippen molar-refractivity contribution in [2.75, 3.05) is 13.7 Å². The second kappa shape index (κ2) is 7.81. The largest absolute Gasteiger partial charge is 0.481 e. The van der Waals surface area contributed by atoms with E-state index in [0.29, 0.717) is 5.56 Å². The first-order chi connectivity index (χ1) is 8.93. The highest BCUT2D eigenvalue weighted by Crippen LogP contribution is 2.18. The topological polar surface area (TPSA) is 75.6 Å². The van der Waals surface area contributed by atoms with Crippen molar-refractivity contribution >= 4 is 50.4 Å². The van der Waals surface area contributed by atoms with Crippen molar-refractivity contribution < 1.29 is 19.4 Å². The highest BCUT2D eigenvalue weighted by atomic mass is 127. The number of hydrogen-bond acceptors (Lipinski definition) is 3. The lowest BCUT2D eigenvalue weighted by molar-refractivity contribution is -0.139. The Hall–Kier alpha value is -0.670. The van der Waals surface area contributed by atoms with E-state index in [-0.39, 0.29) is 18.9 Å². The molecular formula is C12H13BrINO4. The zero-order valence-corrected chi connectivity index (χ0v) is 13.9. The number of carboxylic acid groups (broad SMARTS) is 1. The molecular weight excluding hydrogens is 429 g/mol. The molecule has 0 saturated carbocycles. The lowest BCUT2D eigenvalue weighted by Gasteiger charge is -2.14. The zero-order valence-electron chi connectivity index (χ0n) is 10.2. The third-order valence-corrected chi connectivity index (χ3v) is 3.83. The van der Waals surface area contributed by atoms with E-state index < -0.39 is 12.1 Å². The fourth-order valence-corrected chi connectivity index (χ4v) is 2.35. The summed E-state index contributed by atoms with van der Waals surface area (Å²) in [5, 5.41) is 11.3. The molecule has 0 bridgehead atoms. The van der Waals surface area contributed by atoms with Crippen LogP contribution >= 0.6 is 38.5 Å². The predicted molar refractivity (Wildman–Crippen MR) is 82.2 cm³/mol. The molecule has 1 rings (SSSR count). The van der Waals surface area contributed by atoms with Crippen LogP contribution in [0.1, 0.15) is 16.8 Å². The number of methoxy groups -OCH3 is 1. The van der Waals surface area contributed by atoms with Gasteiger partial charge in [0, 0.05) is 21.7 Å². The van der Waals surface area contributed by atoms with Crippen LogP contribution in [0.5, 0.6) is 0 Å². The first-order valence-electron chi connectivity index (χ1n) is 5.42. The van der Waals surface area contributed by atoms with Crippen molar-refractivity contribution in [3.63, 3.8) is 0 Å². The van der Waals surface area contributed by atoms with Crippen LogP contribution in [0.2, 0.25) is 0 Å². The van der Waals surface area contributed by atoms with Gasteiger partial charge in [-0.3, -0.25) is 9.59 Å². The van der Waals surface area contributed by atoms with E-state index in [2.05, 4.69) is 43.8 Å². The number of aliphatic carboxylic acids is 1. The first kappa shape index (κ1) is 16.4. The van der Waals surface area contributed by atoms with Crippen LogP contribution in [-0.4, -0.2) is 36.7 Å². The van der Waals surface area contributed by atoms with Gasteiger partial charge in [-0.1, -0.05) is 15.9 Å². The Balaban J connectivity index is 2.64. The molecule has 1 atom stereocenters. The molecule has 0 spiro atoms. The summed E-state index contributed by atoms with van der Waals surface area (Å²) in [5.41, 5.74) is 0.542. The summed E-state index contributed by atoms with van der Waals surface area (Å²) in [7, 11) is 1.42. The van der Waals surface area contributed by atoms with Gasteiger partial charge in [-0.15, -0.1) is 0 Å². The number of carbonyl (C=O) groups excluding carboxylic acids is 1. The van der Waals surface area contributed by atoms with Crippen molar-refractivity contribution in [3.8, 4) is 0 Å². The van der Waals surface area contributed by atoms with E-state index in [0.717, 1.165) is 8.04 Å². The van der Waals surface area contributed by atoms with Crippen molar-refractivity contribution in [2.24, 2.45) is 0 Å². The molecule has 7 heteroatoms. The first-order valence-corrected chi connectivity index (χ1v) is 7.29. The summed E-state index contributed by atoms with van der Waals surface area (Å²) in [6, 6.07) is 5.39. The highest BCUT2D eigenvalue weighted by molar-refractivity contribution is 14.1. The predicted octanol–water partition coefficient (Wildman–Crippen LogP) is 2.27. The molecule has 104 valence electrons. The molecule has 5 nitrogen and oxygen atoms in total. The molecule has 19 heavy (non-hydrogen) atoms. The molecule has 1 unspecified atom stereocenters. The summed E-state index contributed by atoms with van der Waals surface area (Å²) in [6.45, 7) is 0.157. The molecule has 0 heterocycles. The third kappa shape index (κ3) is 5.45. The Bertz CT molecular complexity index is 481. The fraction of sp³-hybridized carbons (Fsp3) is 0.333. The average Bonchev–Trinajstić information content (AvgIpc) is 2.36. The normalized spacial score (nSPS) is 11.9. The lowest BCUT2D eigenvalue weighted by atomic mass is 10.2. The Morgan fingerprint density at radius 3 is 2.79 bits per heavy atom. The van der Waals surface area contributed by atoms with E-state index in [9.17, 15) is 9.59 Å². The van der Waals surface area contributed by atoms with E-state index in [1.165, 1.54) is 7.11 Å². The summed E-state index contributed by atoms with van der Waals surface area (Å²) < 4.78 is 6.63. The summed E-state index contributed by atoms with van der Waals surface area (Å²) in [6.07, 6.45) is -0.682. The van der Waals surface area contributed by atoms with Gasteiger partial charge in [-0.2, -0.15) is 0 Å². The standard InChI is InChI=1S/C12H13BrINO4/c1-19-8(5-11(16)17)6-15-12(18)9-4-7(13)2-3-10(9)14/h2-4,8H,5-6H2,1H3,(H,15,18)(H,16,17). The average molecular weight is 442 g/mol. The van der Waals surface area contributed by atoms with Crippen LogP contribution in [0, 0.1) is 3.57 Å². The molecule has 0 aliphatic heterocycles. The molecule has 0 fully saturated rings. The van der Waals surface area contributed by atoms with Crippen molar-refractivity contribution in [1.82, 2.24) is 5.32 Å². The van der Waals surface area contributed by atoms with Crippen molar-refractivity contribution in [1.29, 1.82) is 0 Å². The second-order valence-corrected chi connectivity index (χ2v) is 5.87. The number of hydrogen-bond donors (Lipinski definition) is 2. The Morgan fingerprint density at radius 2 is 2.21 bits per heavy atom. The SMILES string of the molecule is COC(CNC(=O)c1cc(Br)ccc1I)CC(=O)O. The van der Waals surface area contributed by atoms with Crippen molar-refractivity contribution in [3.05, 3.63) is 31.8 Å². The number of nitrogens with one attached hydrogen (secondary N) is 1. The number of halogens is 2. The van der Waals surface area contributed by atoms with E-state index in [1.807, 2.05) is 12.1 Å². The maximum atomic E-state index is 12.0. The molecule has 1 aromatic rings. The number of benzene rings is 1. The molecule has 0 aliphatic carbocycles. The molecule has 0 aliphatic rings. The molecule has 1 aromatic carbocycles. The van der Waals surface area contributed by atoms with Crippen LogP contribution in [0.4, 0.5) is 0 Å². The lowest BCUT2D eigenvalue weighted by Crippen LogP contribution is -2.34. The number of amides is 1. The van der Waals surface area contributed by atoms with Gasteiger partial charge in [0.25, 0.3) is 5.91 Å². The van der Waals surface area contributed by atoms with Gasteiger partial charge >= 0.3 is 5.97 Å². The molecule has 0 aromatic heterocycles. The van der Waals surface area contributed by atoms with Gasteiger partial charge in [0.05, 0.1) is 18.1 Å². The maximum absolute atomic E-state index is 12.0. The maximum Gasteiger partial charge on any atom is 0.306 e. The molecule has 1 amide bonds. The molecule has 2 N–H and O–H groups in total.